The van der Waals surface area contributed by atoms with Gasteiger partial charge in [-0.3, -0.25) is 4.79 Å². The molecule has 1 amide bonds. The SMILES string of the molecule is CC1C(=O)N(C)c2ccc(C(F)(F)F)cc21. The summed E-state index contributed by atoms with van der Waals surface area (Å²) in [5.41, 5.74) is 0.300. The van der Waals surface area contributed by atoms with E-state index in [1.807, 2.05) is 0 Å². The van der Waals surface area contributed by atoms with Crippen LogP contribution in [0.3, 0.4) is 0 Å². The molecule has 0 saturated heterocycles. The maximum Gasteiger partial charge on any atom is 0.416 e. The third-order valence-electron chi connectivity index (χ3n) is 2.88. The van der Waals surface area contributed by atoms with Gasteiger partial charge in [0.05, 0.1) is 11.5 Å². The first kappa shape index (κ1) is 11.0. The topological polar surface area (TPSA) is 20.3 Å². The van der Waals surface area contributed by atoms with Crippen LogP contribution in [0.15, 0.2) is 18.2 Å². The van der Waals surface area contributed by atoms with Gasteiger partial charge < -0.3 is 4.90 Å². The van der Waals surface area contributed by atoms with Crippen LogP contribution in [0.4, 0.5) is 18.9 Å². The quantitative estimate of drug-likeness (QED) is 0.669. The summed E-state index contributed by atoms with van der Waals surface area (Å²) in [6.07, 6.45) is -4.36. The zero-order valence-corrected chi connectivity index (χ0v) is 8.80. The summed E-state index contributed by atoms with van der Waals surface area (Å²) in [7, 11) is 1.57. The van der Waals surface area contributed by atoms with E-state index in [9.17, 15) is 18.0 Å². The van der Waals surface area contributed by atoms with Crippen LogP contribution in [-0.4, -0.2) is 13.0 Å². The van der Waals surface area contributed by atoms with Crippen molar-refractivity contribution in [3.05, 3.63) is 29.3 Å². The molecule has 0 bridgehead atoms. The lowest BCUT2D eigenvalue weighted by Gasteiger charge is -2.11. The Morgan fingerprint density at radius 1 is 1.31 bits per heavy atom. The van der Waals surface area contributed by atoms with E-state index in [1.54, 1.807) is 14.0 Å². The van der Waals surface area contributed by atoms with E-state index < -0.39 is 17.7 Å². The fraction of sp³-hybridized carbons (Fsp3) is 0.364. The fourth-order valence-corrected chi connectivity index (χ4v) is 1.93. The lowest BCUT2D eigenvalue weighted by atomic mass is 10.0. The molecule has 0 N–H and O–H groups in total. The van der Waals surface area contributed by atoms with Crippen LogP contribution in [0.1, 0.15) is 24.0 Å². The van der Waals surface area contributed by atoms with Crippen LogP contribution in [0.5, 0.6) is 0 Å². The van der Waals surface area contributed by atoms with Crippen molar-refractivity contribution in [2.75, 3.05) is 11.9 Å². The number of halogens is 3. The summed E-state index contributed by atoms with van der Waals surface area (Å²) < 4.78 is 37.4. The van der Waals surface area contributed by atoms with Gasteiger partial charge in [0.2, 0.25) is 5.91 Å². The van der Waals surface area contributed by atoms with Crippen molar-refractivity contribution in [2.45, 2.75) is 19.0 Å². The summed E-state index contributed by atoms with van der Waals surface area (Å²) in [5.74, 6) is -0.670. The number of hydrogen-bond donors (Lipinski definition) is 0. The van der Waals surface area contributed by atoms with Gasteiger partial charge in [-0.05, 0) is 30.7 Å². The third kappa shape index (κ3) is 1.47. The molecule has 2 nitrogen and oxygen atoms in total. The van der Waals surface area contributed by atoms with Gasteiger partial charge in [-0.25, -0.2) is 0 Å². The molecule has 86 valence electrons. The number of nitrogens with zero attached hydrogens (tertiary/aromatic N) is 1. The summed E-state index contributed by atoms with van der Waals surface area (Å²) in [6, 6.07) is 3.40. The molecule has 0 aromatic heterocycles. The Kier molecular flexibility index (Phi) is 2.22. The number of anilines is 1. The van der Waals surface area contributed by atoms with Gasteiger partial charge in [-0.1, -0.05) is 0 Å². The van der Waals surface area contributed by atoms with Crippen LogP contribution >= 0.6 is 0 Å². The predicted molar refractivity (Wildman–Crippen MR) is 53.3 cm³/mol. The van der Waals surface area contributed by atoms with Crippen molar-refractivity contribution < 1.29 is 18.0 Å². The average Bonchev–Trinajstić information content (AvgIpc) is 2.43. The Morgan fingerprint density at radius 2 is 1.94 bits per heavy atom. The molecule has 1 aromatic rings. The van der Waals surface area contributed by atoms with Crippen LogP contribution in [0.2, 0.25) is 0 Å². The number of hydrogen-bond acceptors (Lipinski definition) is 1. The first-order valence-corrected chi connectivity index (χ1v) is 4.81. The van der Waals surface area contributed by atoms with Gasteiger partial charge in [0.15, 0.2) is 0 Å². The lowest BCUT2D eigenvalue weighted by Crippen LogP contribution is -2.22. The van der Waals surface area contributed by atoms with Crippen molar-refractivity contribution in [3.8, 4) is 0 Å². The Labute approximate surface area is 90.7 Å². The molecule has 1 aliphatic heterocycles. The van der Waals surface area contributed by atoms with Gasteiger partial charge in [-0.2, -0.15) is 13.2 Å². The zero-order valence-electron chi connectivity index (χ0n) is 8.80. The van der Waals surface area contributed by atoms with Gasteiger partial charge in [0.25, 0.3) is 0 Å². The summed E-state index contributed by atoms with van der Waals surface area (Å²) in [4.78, 5) is 13.0. The molecular formula is C11H10F3NO. The highest BCUT2D eigenvalue weighted by Gasteiger charge is 2.36. The highest BCUT2D eigenvalue weighted by Crippen LogP contribution is 2.40. The first-order valence-electron chi connectivity index (χ1n) is 4.81. The maximum absolute atomic E-state index is 12.5. The van der Waals surface area contributed by atoms with Crippen LogP contribution < -0.4 is 4.90 Å². The number of carbonyl (C=O) groups is 1. The van der Waals surface area contributed by atoms with Gasteiger partial charge >= 0.3 is 6.18 Å². The molecule has 1 aliphatic rings. The third-order valence-corrected chi connectivity index (χ3v) is 2.88. The van der Waals surface area contributed by atoms with E-state index in [0.717, 1.165) is 12.1 Å². The Morgan fingerprint density at radius 3 is 2.50 bits per heavy atom. The van der Waals surface area contributed by atoms with Crippen molar-refractivity contribution in [1.82, 2.24) is 0 Å². The molecule has 1 atom stereocenters. The highest BCUT2D eigenvalue weighted by molar-refractivity contribution is 6.04. The molecule has 0 fully saturated rings. The molecular weight excluding hydrogens is 219 g/mol. The average molecular weight is 229 g/mol. The molecule has 5 heteroatoms. The molecule has 0 spiro atoms. The van der Waals surface area contributed by atoms with Crippen LogP contribution in [0, 0.1) is 0 Å². The Hall–Kier alpha value is -1.52. The normalized spacial score (nSPS) is 20.2. The minimum atomic E-state index is -4.36. The van der Waals surface area contributed by atoms with Crippen molar-refractivity contribution >= 4 is 11.6 Å². The molecule has 1 aromatic carbocycles. The smallest absolute Gasteiger partial charge is 0.315 e. The van der Waals surface area contributed by atoms with Gasteiger partial charge in [-0.15, -0.1) is 0 Å². The second-order valence-corrected chi connectivity index (χ2v) is 3.89. The molecule has 1 unspecified atom stereocenters. The maximum atomic E-state index is 12.5. The molecule has 0 aliphatic carbocycles. The number of rotatable bonds is 0. The molecule has 16 heavy (non-hydrogen) atoms. The van der Waals surface area contributed by atoms with E-state index in [2.05, 4.69) is 0 Å². The van der Waals surface area contributed by atoms with E-state index in [1.165, 1.54) is 11.0 Å². The molecule has 2 rings (SSSR count). The number of alkyl halides is 3. The van der Waals surface area contributed by atoms with E-state index in [0.29, 0.717) is 11.3 Å². The number of likely N-dealkylation sites (N-methyl/N-ethyl adjacent to an activating group) is 1. The lowest BCUT2D eigenvalue weighted by molar-refractivity contribution is -0.137. The van der Waals surface area contributed by atoms with E-state index in [-0.39, 0.29) is 5.91 Å². The predicted octanol–water partition coefficient (Wildman–Crippen LogP) is 2.79. The minimum Gasteiger partial charge on any atom is -0.315 e. The Balaban J connectivity index is 2.54. The molecule has 0 radical (unpaired) electrons. The minimum absolute atomic E-state index is 0.172. The van der Waals surface area contributed by atoms with Gasteiger partial charge in [0, 0.05) is 12.7 Å². The number of fused-ring (bicyclic) bond motifs is 1. The van der Waals surface area contributed by atoms with Crippen molar-refractivity contribution in [1.29, 1.82) is 0 Å². The second-order valence-electron chi connectivity index (χ2n) is 3.89. The highest BCUT2D eigenvalue weighted by atomic mass is 19.4. The van der Waals surface area contributed by atoms with E-state index >= 15 is 0 Å². The van der Waals surface area contributed by atoms with Crippen LogP contribution in [-0.2, 0) is 11.0 Å². The summed E-state index contributed by atoms with van der Waals surface area (Å²) in [6.45, 7) is 1.62. The zero-order chi connectivity index (χ0) is 12.1. The van der Waals surface area contributed by atoms with Crippen molar-refractivity contribution in [3.63, 3.8) is 0 Å². The Bertz CT molecular complexity index is 453. The van der Waals surface area contributed by atoms with Crippen LogP contribution in [0.25, 0.3) is 0 Å². The molecule has 1 heterocycles. The molecule has 0 saturated carbocycles. The number of carbonyl (C=O) groups excluding carboxylic acids is 1. The largest absolute Gasteiger partial charge is 0.416 e. The van der Waals surface area contributed by atoms with Gasteiger partial charge in [0.1, 0.15) is 0 Å². The summed E-state index contributed by atoms with van der Waals surface area (Å²) in [5, 5.41) is 0. The standard InChI is InChI=1S/C11H10F3NO/c1-6-8-5-7(11(12,13)14)3-4-9(8)15(2)10(6)16/h3-6H,1-2H3. The summed E-state index contributed by atoms with van der Waals surface area (Å²) >= 11 is 0. The van der Waals surface area contributed by atoms with Crippen molar-refractivity contribution in [2.24, 2.45) is 0 Å². The monoisotopic (exact) mass is 229 g/mol. The number of benzene rings is 1. The second kappa shape index (κ2) is 3.23. The number of amides is 1. The first-order chi connectivity index (χ1) is 7.32. The fourth-order valence-electron chi connectivity index (χ4n) is 1.93. The van der Waals surface area contributed by atoms with E-state index in [4.69, 9.17) is 0 Å².